The minimum Gasteiger partial charge on any atom is -0.462 e. The van der Waals surface area contributed by atoms with Crippen molar-refractivity contribution in [1.82, 2.24) is 0 Å². The highest BCUT2D eigenvalue weighted by Crippen LogP contribution is 2.23. The summed E-state index contributed by atoms with van der Waals surface area (Å²) in [5.74, 6) is 0.641. The van der Waals surface area contributed by atoms with E-state index in [1.165, 1.54) is 12.8 Å². The Balaban J connectivity index is 2.25. The van der Waals surface area contributed by atoms with Crippen molar-refractivity contribution < 1.29 is 9.53 Å². The molecular weight excluding hydrogens is 176 g/mol. The van der Waals surface area contributed by atoms with Gasteiger partial charge in [0.1, 0.15) is 6.10 Å². The normalized spacial score (nSPS) is 20.0. The maximum atomic E-state index is 11.6. The van der Waals surface area contributed by atoms with Gasteiger partial charge in [-0.3, -0.25) is 4.79 Å². The minimum absolute atomic E-state index is 0.00519. The predicted octanol–water partition coefficient (Wildman–Crippen LogP) is 3.15. The molecule has 1 aliphatic rings. The van der Waals surface area contributed by atoms with Crippen molar-refractivity contribution in [3.8, 4) is 0 Å². The summed E-state index contributed by atoms with van der Waals surface area (Å²) in [7, 11) is 0. The van der Waals surface area contributed by atoms with Crippen LogP contribution in [0.1, 0.15) is 52.9 Å². The van der Waals surface area contributed by atoms with Gasteiger partial charge in [-0.1, -0.05) is 20.8 Å². The number of carbonyl (C=O) groups is 1. The number of ether oxygens (including phenoxy) is 1. The van der Waals surface area contributed by atoms with E-state index in [1.807, 2.05) is 6.92 Å². The highest BCUT2D eigenvalue weighted by molar-refractivity contribution is 5.72. The number of hydrogen-bond donors (Lipinski definition) is 0. The molecule has 0 unspecified atom stereocenters. The highest BCUT2D eigenvalue weighted by atomic mass is 16.5. The smallest absolute Gasteiger partial charge is 0.308 e. The van der Waals surface area contributed by atoms with Crippen molar-refractivity contribution in [3.63, 3.8) is 0 Å². The molecule has 0 spiro atoms. The Morgan fingerprint density at radius 1 is 1.29 bits per heavy atom. The molecule has 0 aromatic rings. The number of rotatable bonds is 4. The minimum atomic E-state index is 0.00519. The van der Waals surface area contributed by atoms with Gasteiger partial charge in [0, 0.05) is 0 Å². The van der Waals surface area contributed by atoms with Crippen LogP contribution in [0.3, 0.4) is 0 Å². The first-order chi connectivity index (χ1) is 6.59. The molecule has 0 bridgehead atoms. The molecule has 0 saturated heterocycles. The van der Waals surface area contributed by atoms with Crippen LogP contribution in [0.15, 0.2) is 0 Å². The summed E-state index contributed by atoms with van der Waals surface area (Å²) >= 11 is 0. The largest absolute Gasteiger partial charge is 0.462 e. The van der Waals surface area contributed by atoms with Gasteiger partial charge in [-0.25, -0.2) is 0 Å². The molecule has 82 valence electrons. The molecule has 1 saturated carbocycles. The second-order valence-corrected chi connectivity index (χ2v) is 4.87. The van der Waals surface area contributed by atoms with E-state index in [0.717, 1.165) is 19.3 Å². The van der Waals surface area contributed by atoms with Crippen LogP contribution in [0.25, 0.3) is 0 Å². The first-order valence-electron chi connectivity index (χ1n) is 5.80. The fraction of sp³-hybridized carbons (Fsp3) is 0.917. The lowest BCUT2D eigenvalue weighted by molar-refractivity contribution is -0.153. The zero-order valence-electron chi connectivity index (χ0n) is 9.58. The molecular formula is C12H22O2. The fourth-order valence-corrected chi connectivity index (χ4v) is 2.09. The maximum Gasteiger partial charge on any atom is 0.308 e. The molecule has 14 heavy (non-hydrogen) atoms. The first-order valence-corrected chi connectivity index (χ1v) is 5.80. The molecule has 0 aromatic carbocycles. The van der Waals surface area contributed by atoms with Gasteiger partial charge in [0.05, 0.1) is 5.92 Å². The summed E-state index contributed by atoms with van der Waals surface area (Å²) < 4.78 is 5.44. The van der Waals surface area contributed by atoms with E-state index in [2.05, 4.69) is 13.8 Å². The van der Waals surface area contributed by atoms with Crippen LogP contribution in [0.2, 0.25) is 0 Å². The van der Waals surface area contributed by atoms with Gasteiger partial charge >= 0.3 is 5.97 Å². The van der Waals surface area contributed by atoms with Gasteiger partial charge in [-0.05, 0) is 38.0 Å². The van der Waals surface area contributed by atoms with E-state index in [0.29, 0.717) is 5.92 Å². The molecule has 1 rings (SSSR count). The van der Waals surface area contributed by atoms with Crippen molar-refractivity contribution in [2.75, 3.05) is 0 Å². The average Bonchev–Trinajstić information content (AvgIpc) is 2.55. The Hall–Kier alpha value is -0.530. The van der Waals surface area contributed by atoms with Gasteiger partial charge in [0.2, 0.25) is 0 Å². The summed E-state index contributed by atoms with van der Waals surface area (Å²) in [6.45, 7) is 6.25. The molecule has 1 aliphatic carbocycles. The topological polar surface area (TPSA) is 26.3 Å². The third-order valence-electron chi connectivity index (χ3n) is 2.81. The number of hydrogen-bond acceptors (Lipinski definition) is 2. The van der Waals surface area contributed by atoms with Crippen molar-refractivity contribution in [3.05, 3.63) is 0 Å². The van der Waals surface area contributed by atoms with Crippen LogP contribution in [0.5, 0.6) is 0 Å². The zero-order chi connectivity index (χ0) is 10.6. The lowest BCUT2D eigenvalue weighted by Gasteiger charge is -2.16. The molecule has 1 fully saturated rings. The summed E-state index contributed by atoms with van der Waals surface area (Å²) in [6.07, 6.45) is 5.73. The number of carbonyl (C=O) groups excluding carboxylic acids is 1. The lowest BCUT2D eigenvalue weighted by Crippen LogP contribution is -2.21. The Morgan fingerprint density at radius 3 is 2.36 bits per heavy atom. The molecule has 0 amide bonds. The van der Waals surface area contributed by atoms with Crippen LogP contribution >= 0.6 is 0 Å². The van der Waals surface area contributed by atoms with E-state index in [-0.39, 0.29) is 18.0 Å². The van der Waals surface area contributed by atoms with Crippen molar-refractivity contribution >= 4 is 5.97 Å². The molecule has 2 heteroatoms. The highest BCUT2D eigenvalue weighted by Gasteiger charge is 2.22. The lowest BCUT2D eigenvalue weighted by atomic mass is 9.99. The summed E-state index contributed by atoms with van der Waals surface area (Å²) in [4.78, 5) is 11.6. The van der Waals surface area contributed by atoms with E-state index < -0.39 is 0 Å². The SMILES string of the molecule is CC(C)C[C@H](C)C(=O)OC1CCCC1. The molecule has 0 radical (unpaired) electrons. The first kappa shape index (κ1) is 11.5. The van der Waals surface area contributed by atoms with Gasteiger partial charge in [-0.2, -0.15) is 0 Å². The van der Waals surface area contributed by atoms with E-state index in [4.69, 9.17) is 4.74 Å². The van der Waals surface area contributed by atoms with Crippen LogP contribution < -0.4 is 0 Å². The molecule has 1 atom stereocenters. The van der Waals surface area contributed by atoms with Crippen LogP contribution in [0, 0.1) is 11.8 Å². The van der Waals surface area contributed by atoms with Gasteiger partial charge in [0.15, 0.2) is 0 Å². The Bertz CT molecular complexity index is 181. The molecule has 2 nitrogen and oxygen atoms in total. The van der Waals surface area contributed by atoms with Gasteiger partial charge in [0.25, 0.3) is 0 Å². The second kappa shape index (κ2) is 5.38. The Morgan fingerprint density at radius 2 is 1.86 bits per heavy atom. The summed E-state index contributed by atoms with van der Waals surface area (Å²) in [5.41, 5.74) is 0. The van der Waals surface area contributed by atoms with Crippen molar-refractivity contribution in [2.24, 2.45) is 11.8 Å². The second-order valence-electron chi connectivity index (χ2n) is 4.87. The molecule has 0 heterocycles. The monoisotopic (exact) mass is 198 g/mol. The van der Waals surface area contributed by atoms with E-state index >= 15 is 0 Å². The van der Waals surface area contributed by atoms with Crippen LogP contribution in [-0.2, 0) is 9.53 Å². The predicted molar refractivity (Wildman–Crippen MR) is 57.0 cm³/mol. The summed E-state index contributed by atoms with van der Waals surface area (Å²) in [5, 5.41) is 0. The molecule has 0 N–H and O–H groups in total. The Kier molecular flexibility index (Phi) is 4.43. The fourth-order valence-electron chi connectivity index (χ4n) is 2.09. The third kappa shape index (κ3) is 3.69. The van der Waals surface area contributed by atoms with Crippen LogP contribution in [-0.4, -0.2) is 12.1 Å². The molecule has 0 aromatic heterocycles. The zero-order valence-corrected chi connectivity index (χ0v) is 9.58. The van der Waals surface area contributed by atoms with E-state index in [1.54, 1.807) is 0 Å². The maximum absolute atomic E-state index is 11.6. The quantitative estimate of drug-likeness (QED) is 0.649. The summed E-state index contributed by atoms with van der Waals surface area (Å²) in [6, 6.07) is 0. The Labute approximate surface area is 87.0 Å². The third-order valence-corrected chi connectivity index (χ3v) is 2.81. The van der Waals surface area contributed by atoms with Gasteiger partial charge < -0.3 is 4.74 Å². The standard InChI is InChI=1S/C12H22O2/c1-9(2)8-10(3)12(13)14-11-6-4-5-7-11/h9-11H,4-8H2,1-3H3/t10-/m0/s1. The van der Waals surface area contributed by atoms with Gasteiger partial charge in [-0.15, -0.1) is 0 Å². The van der Waals surface area contributed by atoms with Crippen LogP contribution in [0.4, 0.5) is 0 Å². The number of esters is 1. The van der Waals surface area contributed by atoms with E-state index in [9.17, 15) is 4.79 Å². The van der Waals surface area contributed by atoms with Crippen molar-refractivity contribution in [1.29, 1.82) is 0 Å². The average molecular weight is 198 g/mol. The molecule has 0 aliphatic heterocycles. The van der Waals surface area contributed by atoms with Crippen molar-refractivity contribution in [2.45, 2.75) is 59.0 Å².